The minimum Gasteiger partial charge on any atom is -0.476 e. The van der Waals surface area contributed by atoms with Gasteiger partial charge in [0.15, 0.2) is 12.3 Å². The molecule has 5 nitrogen and oxygen atoms in total. The second kappa shape index (κ2) is 3.97. The van der Waals surface area contributed by atoms with Crippen LogP contribution in [0, 0.1) is 0 Å². The molecule has 0 unspecified atom stereocenters. The van der Waals surface area contributed by atoms with Crippen molar-refractivity contribution in [1.82, 2.24) is 10.2 Å². The Morgan fingerprint density at radius 3 is 2.60 bits per heavy atom. The van der Waals surface area contributed by atoms with E-state index in [1.54, 1.807) is 0 Å². The molecule has 0 atom stereocenters. The summed E-state index contributed by atoms with van der Waals surface area (Å²) in [7, 11) is 0. The topological polar surface area (TPSA) is 75.2 Å². The van der Waals surface area contributed by atoms with Crippen molar-refractivity contribution in [1.29, 1.82) is 0 Å². The van der Waals surface area contributed by atoms with Gasteiger partial charge in [-0.15, -0.1) is 0 Å². The van der Waals surface area contributed by atoms with Crippen LogP contribution in [0.5, 0.6) is 5.88 Å². The molecule has 0 bridgehead atoms. The molecule has 9 heteroatoms. The van der Waals surface area contributed by atoms with Gasteiger partial charge < -0.3 is 9.84 Å². The summed E-state index contributed by atoms with van der Waals surface area (Å²) >= 11 is 5.38. The van der Waals surface area contributed by atoms with Crippen LogP contribution in [-0.2, 0) is 0 Å². The Morgan fingerprint density at radius 2 is 2.20 bits per heavy atom. The second-order valence-corrected chi connectivity index (χ2v) is 2.80. The number of halogens is 4. The van der Waals surface area contributed by atoms with Gasteiger partial charge in [0.05, 0.1) is 0 Å². The van der Waals surface area contributed by atoms with E-state index in [9.17, 15) is 18.0 Å². The van der Waals surface area contributed by atoms with Crippen molar-refractivity contribution >= 4 is 17.6 Å². The van der Waals surface area contributed by atoms with Crippen LogP contribution in [0.3, 0.4) is 0 Å². The summed E-state index contributed by atoms with van der Waals surface area (Å²) < 4.78 is 39.4. The number of aromatic nitrogens is 2. The molecule has 1 aromatic rings. The van der Waals surface area contributed by atoms with Crippen molar-refractivity contribution in [3.8, 4) is 5.88 Å². The fourth-order valence-electron chi connectivity index (χ4n) is 0.704. The van der Waals surface area contributed by atoms with Gasteiger partial charge in [0, 0.05) is 0 Å². The summed E-state index contributed by atoms with van der Waals surface area (Å²) in [5.41, 5.74) is -0.589. The Bertz CT molecular complexity index is 376. The average molecular weight is 245 g/mol. The molecular formula is C6H4ClF3N2O3. The zero-order valence-electron chi connectivity index (χ0n) is 6.93. The van der Waals surface area contributed by atoms with Crippen molar-refractivity contribution in [2.45, 2.75) is 6.18 Å². The lowest BCUT2D eigenvalue weighted by molar-refractivity contribution is -0.154. The quantitative estimate of drug-likeness (QED) is 0.849. The van der Waals surface area contributed by atoms with Gasteiger partial charge in [-0.3, -0.25) is 0 Å². The minimum atomic E-state index is -4.53. The highest BCUT2D eigenvalue weighted by Crippen LogP contribution is 2.26. The van der Waals surface area contributed by atoms with Crippen molar-refractivity contribution in [3.63, 3.8) is 0 Å². The fraction of sp³-hybridized carbons (Fsp3) is 0.333. The maximum absolute atomic E-state index is 11.7. The molecule has 0 aromatic carbocycles. The normalized spacial score (nSPS) is 11.5. The number of alkyl halides is 3. The average Bonchev–Trinajstić information content (AvgIpc) is 2.42. The van der Waals surface area contributed by atoms with Gasteiger partial charge in [-0.2, -0.15) is 18.3 Å². The Morgan fingerprint density at radius 1 is 1.60 bits per heavy atom. The number of aromatic amines is 1. The zero-order chi connectivity index (χ0) is 11.6. The molecule has 0 radical (unpaired) electrons. The fourth-order valence-corrected chi connectivity index (χ4v) is 0.924. The van der Waals surface area contributed by atoms with Gasteiger partial charge in [-0.25, -0.2) is 9.89 Å². The standard InChI is InChI=1S/C6H4ClF3N2O3/c7-2-3(5(13)14)11-12-4(2)15-1-6(8,9)10/h1H2,(H,11,12)(H,13,14). The smallest absolute Gasteiger partial charge is 0.422 e. The van der Waals surface area contributed by atoms with Crippen molar-refractivity contribution in [3.05, 3.63) is 10.7 Å². The number of hydrogen-bond donors (Lipinski definition) is 2. The van der Waals surface area contributed by atoms with Crippen LogP contribution in [0.4, 0.5) is 13.2 Å². The first kappa shape index (κ1) is 11.6. The number of carboxylic acids is 1. The van der Waals surface area contributed by atoms with E-state index in [-0.39, 0.29) is 0 Å². The summed E-state index contributed by atoms with van der Waals surface area (Å²) in [5, 5.41) is 13.1. The van der Waals surface area contributed by atoms with Crippen LogP contribution >= 0.6 is 11.6 Å². The molecule has 0 fully saturated rings. The van der Waals surface area contributed by atoms with Gasteiger partial charge >= 0.3 is 12.1 Å². The molecule has 1 heterocycles. The number of aromatic carboxylic acids is 1. The Kier molecular flexibility index (Phi) is 3.08. The predicted molar refractivity (Wildman–Crippen MR) is 42.1 cm³/mol. The van der Waals surface area contributed by atoms with E-state index in [1.165, 1.54) is 0 Å². The molecule has 2 N–H and O–H groups in total. The summed E-state index contributed by atoms with van der Waals surface area (Å²) in [6, 6.07) is 0. The van der Waals surface area contributed by atoms with Crippen LogP contribution in [0.15, 0.2) is 0 Å². The lowest BCUT2D eigenvalue weighted by Crippen LogP contribution is -2.19. The molecule has 0 aliphatic carbocycles. The Hall–Kier alpha value is -1.44. The van der Waals surface area contributed by atoms with Gasteiger partial charge in [0.25, 0.3) is 0 Å². The number of carbonyl (C=O) groups is 1. The second-order valence-electron chi connectivity index (χ2n) is 2.42. The molecule has 0 spiro atoms. The molecule has 0 saturated heterocycles. The number of nitrogens with zero attached hydrogens (tertiary/aromatic N) is 1. The molecule has 0 saturated carbocycles. The number of hydrogen-bond acceptors (Lipinski definition) is 3. The van der Waals surface area contributed by atoms with Gasteiger partial charge in [0.2, 0.25) is 5.88 Å². The summed E-state index contributed by atoms with van der Waals surface area (Å²) in [4.78, 5) is 10.4. The first-order chi connectivity index (χ1) is 6.81. The molecule has 84 valence electrons. The van der Waals surface area contributed by atoms with Gasteiger partial charge in [0.1, 0.15) is 5.02 Å². The number of H-pyrrole nitrogens is 1. The highest BCUT2D eigenvalue weighted by Gasteiger charge is 2.30. The Balaban J connectivity index is 2.75. The van der Waals surface area contributed by atoms with Crippen LogP contribution in [-0.4, -0.2) is 34.1 Å². The van der Waals surface area contributed by atoms with E-state index in [0.717, 1.165) is 0 Å². The molecule has 0 amide bonds. The van der Waals surface area contributed by atoms with E-state index >= 15 is 0 Å². The van der Waals surface area contributed by atoms with Gasteiger partial charge in [-0.1, -0.05) is 11.6 Å². The third-order valence-corrected chi connectivity index (χ3v) is 1.61. The third kappa shape index (κ3) is 3.01. The highest BCUT2D eigenvalue weighted by atomic mass is 35.5. The van der Waals surface area contributed by atoms with Crippen LogP contribution < -0.4 is 4.74 Å². The van der Waals surface area contributed by atoms with E-state index in [1.807, 2.05) is 5.10 Å². The van der Waals surface area contributed by atoms with Crippen LogP contribution in [0.25, 0.3) is 0 Å². The zero-order valence-corrected chi connectivity index (χ0v) is 7.69. The largest absolute Gasteiger partial charge is 0.476 e. The monoisotopic (exact) mass is 244 g/mol. The molecule has 1 aromatic heterocycles. The number of ether oxygens (including phenoxy) is 1. The predicted octanol–water partition coefficient (Wildman–Crippen LogP) is 1.70. The SMILES string of the molecule is O=C(O)c1n[nH]c(OCC(F)(F)F)c1Cl. The minimum absolute atomic E-state index is 0.494. The van der Waals surface area contributed by atoms with Crippen LogP contribution in [0.2, 0.25) is 5.02 Å². The molecule has 0 aliphatic rings. The number of rotatable bonds is 3. The van der Waals surface area contributed by atoms with Crippen molar-refractivity contribution in [2.24, 2.45) is 0 Å². The van der Waals surface area contributed by atoms with E-state index in [4.69, 9.17) is 16.7 Å². The molecule has 15 heavy (non-hydrogen) atoms. The lowest BCUT2D eigenvalue weighted by atomic mass is 10.4. The maximum atomic E-state index is 11.7. The van der Waals surface area contributed by atoms with E-state index in [0.29, 0.717) is 0 Å². The van der Waals surface area contributed by atoms with Gasteiger partial charge in [-0.05, 0) is 0 Å². The van der Waals surface area contributed by atoms with Crippen molar-refractivity contribution < 1.29 is 27.8 Å². The Labute approximate surface area is 85.8 Å². The number of carboxylic acid groups (broad SMARTS) is 1. The number of nitrogens with one attached hydrogen (secondary N) is 1. The summed E-state index contributed by atoms with van der Waals surface area (Å²) in [5.74, 6) is -1.98. The van der Waals surface area contributed by atoms with Crippen molar-refractivity contribution in [2.75, 3.05) is 6.61 Å². The molecular weight excluding hydrogens is 241 g/mol. The first-order valence-corrected chi connectivity index (χ1v) is 3.86. The van der Waals surface area contributed by atoms with Crippen LogP contribution in [0.1, 0.15) is 10.5 Å². The first-order valence-electron chi connectivity index (χ1n) is 3.48. The lowest BCUT2D eigenvalue weighted by Gasteiger charge is -2.06. The summed E-state index contributed by atoms with van der Waals surface area (Å²) in [6.07, 6.45) is -4.53. The highest BCUT2D eigenvalue weighted by molar-refractivity contribution is 6.34. The molecule has 1 rings (SSSR count). The van der Waals surface area contributed by atoms with E-state index in [2.05, 4.69) is 9.84 Å². The summed E-state index contributed by atoms with van der Waals surface area (Å²) in [6.45, 7) is -1.58. The van der Waals surface area contributed by atoms with E-state index < -0.39 is 35.3 Å². The molecule has 0 aliphatic heterocycles. The maximum Gasteiger partial charge on any atom is 0.422 e. The third-order valence-electron chi connectivity index (χ3n) is 1.26.